The van der Waals surface area contributed by atoms with E-state index >= 15 is 0 Å². The number of hydrogen-bond acceptors (Lipinski definition) is 3. The van der Waals surface area contributed by atoms with E-state index in [1.54, 1.807) is 12.2 Å². The van der Waals surface area contributed by atoms with Crippen molar-refractivity contribution in [3.05, 3.63) is 36.0 Å². The van der Waals surface area contributed by atoms with E-state index < -0.39 is 16.6 Å². The van der Waals surface area contributed by atoms with E-state index in [9.17, 15) is 12.3 Å². The van der Waals surface area contributed by atoms with Crippen LogP contribution in [0.4, 0.5) is 3.89 Å². The second-order valence-corrected chi connectivity index (χ2v) is 4.17. The highest BCUT2D eigenvalue weighted by Gasteiger charge is 2.14. The van der Waals surface area contributed by atoms with E-state index in [1.807, 2.05) is 13.0 Å². The topological polar surface area (TPSA) is 43.4 Å². The largest absolute Gasteiger partial charge is 0.438 e. The molecule has 0 fully saturated rings. The Balaban J connectivity index is 2.66. The van der Waals surface area contributed by atoms with Gasteiger partial charge in [-0.05, 0) is 12.0 Å². The zero-order valence-corrected chi connectivity index (χ0v) is 9.21. The first kappa shape index (κ1) is 12.1. The Kier molecular flexibility index (Phi) is 4.23. The molecule has 0 amide bonds. The van der Waals surface area contributed by atoms with E-state index in [1.165, 1.54) is 12.2 Å². The van der Waals surface area contributed by atoms with Crippen LogP contribution in [0.15, 0.2) is 36.0 Å². The minimum Gasteiger partial charge on any atom is -0.233 e. The Morgan fingerprint density at radius 3 is 2.80 bits per heavy atom. The minimum atomic E-state index is -4.90. The predicted octanol–water partition coefficient (Wildman–Crippen LogP) is 2.44. The zero-order valence-electron chi connectivity index (χ0n) is 8.39. The summed E-state index contributed by atoms with van der Waals surface area (Å²) in [5.41, 5.74) is 1.07. The van der Waals surface area contributed by atoms with Crippen LogP contribution in [-0.2, 0) is 14.7 Å². The highest BCUT2D eigenvalue weighted by molar-refractivity contribution is 7.81. The van der Waals surface area contributed by atoms with Crippen LogP contribution < -0.4 is 0 Å². The lowest BCUT2D eigenvalue weighted by atomic mass is 10.1. The molecule has 0 aliphatic heterocycles. The van der Waals surface area contributed by atoms with Crippen molar-refractivity contribution in [2.24, 2.45) is 0 Å². The van der Waals surface area contributed by atoms with Gasteiger partial charge < -0.3 is 0 Å². The molecule has 0 heterocycles. The Morgan fingerprint density at radius 1 is 1.47 bits per heavy atom. The fourth-order valence-corrected chi connectivity index (χ4v) is 1.67. The molecular weight excluding hydrogens is 219 g/mol. The maximum absolute atomic E-state index is 12.2. The van der Waals surface area contributed by atoms with Crippen LogP contribution in [0.3, 0.4) is 0 Å². The van der Waals surface area contributed by atoms with Crippen LogP contribution in [0.25, 0.3) is 0 Å². The Morgan fingerprint density at radius 2 is 2.20 bits per heavy atom. The predicted molar refractivity (Wildman–Crippen MR) is 56.2 cm³/mol. The van der Waals surface area contributed by atoms with E-state index in [0.29, 0.717) is 0 Å². The summed E-state index contributed by atoms with van der Waals surface area (Å²) >= 11 is 0. The summed E-state index contributed by atoms with van der Waals surface area (Å²) in [6.45, 7) is 2.04. The van der Waals surface area contributed by atoms with Crippen molar-refractivity contribution in [3.8, 4) is 0 Å². The summed E-state index contributed by atoms with van der Waals surface area (Å²) in [5.74, 6) is 0. The number of rotatable bonds is 4. The summed E-state index contributed by atoms with van der Waals surface area (Å²) in [6, 6.07) is 0. The monoisotopic (exact) mass is 232 g/mol. The fourth-order valence-electron chi connectivity index (χ4n) is 1.28. The first-order chi connectivity index (χ1) is 7.01. The average molecular weight is 232 g/mol. The molecule has 1 aliphatic rings. The Labute approximate surface area is 89.4 Å². The molecule has 1 unspecified atom stereocenters. The third-order valence-corrected chi connectivity index (χ3v) is 2.33. The summed E-state index contributed by atoms with van der Waals surface area (Å²) in [4.78, 5) is 0. The lowest BCUT2D eigenvalue weighted by molar-refractivity contribution is 0.276. The quantitative estimate of drug-likeness (QED) is 0.699. The lowest BCUT2D eigenvalue weighted by Crippen LogP contribution is -2.09. The fraction of sp³-hybridized carbons (Fsp3) is 0.400. The van der Waals surface area contributed by atoms with Gasteiger partial charge in [0, 0.05) is 0 Å². The van der Waals surface area contributed by atoms with E-state index in [2.05, 4.69) is 4.18 Å². The molecule has 0 saturated heterocycles. The summed E-state index contributed by atoms with van der Waals surface area (Å²) in [7, 11) is -4.90. The normalized spacial score (nSPS) is 21.2. The van der Waals surface area contributed by atoms with Gasteiger partial charge in [0.25, 0.3) is 0 Å². The van der Waals surface area contributed by atoms with Crippen molar-refractivity contribution in [1.82, 2.24) is 0 Å². The maximum Gasteiger partial charge on any atom is 0.438 e. The molecule has 15 heavy (non-hydrogen) atoms. The van der Waals surface area contributed by atoms with Crippen molar-refractivity contribution in [2.45, 2.75) is 25.9 Å². The van der Waals surface area contributed by atoms with Gasteiger partial charge in [-0.3, -0.25) is 0 Å². The van der Waals surface area contributed by atoms with Crippen molar-refractivity contribution in [3.63, 3.8) is 0 Å². The van der Waals surface area contributed by atoms with Gasteiger partial charge in [-0.2, -0.15) is 8.42 Å². The molecule has 0 aromatic rings. The standard InChI is InChI=1S/C10H13FO3S/c1-2-4-9-5-3-6-10(8-7-9)14-15(11,12)13/h3,5-8,10H,2,4H2,1H3. The number of halogens is 1. The summed E-state index contributed by atoms with van der Waals surface area (Å²) in [5, 5.41) is 0. The minimum absolute atomic E-state index is 0.856. The molecule has 0 aromatic heterocycles. The summed E-state index contributed by atoms with van der Waals surface area (Å²) < 4.78 is 36.9. The average Bonchev–Trinajstić information content (AvgIpc) is 2.29. The molecule has 0 radical (unpaired) electrons. The van der Waals surface area contributed by atoms with Crippen LogP contribution in [0.2, 0.25) is 0 Å². The lowest BCUT2D eigenvalue weighted by Gasteiger charge is -2.03. The van der Waals surface area contributed by atoms with Crippen LogP contribution >= 0.6 is 0 Å². The van der Waals surface area contributed by atoms with Gasteiger partial charge in [0.2, 0.25) is 0 Å². The van der Waals surface area contributed by atoms with Gasteiger partial charge in [0.1, 0.15) is 6.10 Å². The second-order valence-electron chi connectivity index (χ2n) is 3.19. The van der Waals surface area contributed by atoms with E-state index in [0.717, 1.165) is 18.4 Å². The highest BCUT2D eigenvalue weighted by atomic mass is 32.3. The molecule has 0 spiro atoms. The second kappa shape index (κ2) is 5.23. The molecule has 1 atom stereocenters. The van der Waals surface area contributed by atoms with Crippen molar-refractivity contribution >= 4 is 10.5 Å². The first-order valence-corrected chi connectivity index (χ1v) is 6.00. The smallest absolute Gasteiger partial charge is 0.233 e. The van der Waals surface area contributed by atoms with Crippen LogP contribution in [0.5, 0.6) is 0 Å². The van der Waals surface area contributed by atoms with Gasteiger partial charge >= 0.3 is 10.5 Å². The Bertz CT molecular complexity index is 393. The molecule has 3 nitrogen and oxygen atoms in total. The third kappa shape index (κ3) is 4.90. The first-order valence-electron chi connectivity index (χ1n) is 4.69. The molecule has 84 valence electrons. The molecule has 0 saturated carbocycles. The maximum atomic E-state index is 12.2. The van der Waals surface area contributed by atoms with Gasteiger partial charge in [-0.1, -0.05) is 47.6 Å². The molecule has 5 heteroatoms. The highest BCUT2D eigenvalue weighted by Crippen LogP contribution is 2.14. The van der Waals surface area contributed by atoms with Gasteiger partial charge in [0.05, 0.1) is 0 Å². The van der Waals surface area contributed by atoms with Gasteiger partial charge in [-0.25, -0.2) is 4.18 Å². The number of allylic oxidation sites excluding steroid dienone is 4. The van der Waals surface area contributed by atoms with Crippen LogP contribution in [0, 0.1) is 0 Å². The SMILES string of the molecule is CCCC1=CC=CC(OS(=O)(=O)F)C=C1. The molecule has 0 N–H and O–H groups in total. The van der Waals surface area contributed by atoms with E-state index in [-0.39, 0.29) is 0 Å². The van der Waals surface area contributed by atoms with E-state index in [4.69, 9.17) is 0 Å². The van der Waals surface area contributed by atoms with Gasteiger partial charge in [0.15, 0.2) is 0 Å². The van der Waals surface area contributed by atoms with Crippen LogP contribution in [0.1, 0.15) is 19.8 Å². The van der Waals surface area contributed by atoms with Crippen LogP contribution in [-0.4, -0.2) is 14.5 Å². The van der Waals surface area contributed by atoms with Gasteiger partial charge in [-0.15, -0.1) is 0 Å². The number of hydrogen-bond donors (Lipinski definition) is 0. The van der Waals surface area contributed by atoms with Crippen molar-refractivity contribution in [2.75, 3.05) is 0 Å². The molecule has 0 bridgehead atoms. The Hall–Kier alpha value is -0.940. The van der Waals surface area contributed by atoms with Crippen molar-refractivity contribution < 1.29 is 16.5 Å². The molecule has 0 aromatic carbocycles. The zero-order chi connectivity index (χ0) is 11.3. The van der Waals surface area contributed by atoms with Crippen molar-refractivity contribution in [1.29, 1.82) is 0 Å². The summed E-state index contributed by atoms with van der Waals surface area (Å²) in [6.07, 6.45) is 9.31. The molecular formula is C10H13FO3S. The molecule has 1 rings (SSSR count). The molecule has 1 aliphatic carbocycles. The third-order valence-electron chi connectivity index (χ3n) is 1.88.